The topological polar surface area (TPSA) is 106 Å². The minimum Gasteiger partial charge on any atom is -0.381 e. The number of β-amino-alcohol motifs (C(OH)–C–C–N with tert-alkyl or cyclic N) is 1. The lowest BCUT2D eigenvalue weighted by Gasteiger charge is -2.46. The first-order valence-electron chi connectivity index (χ1n) is 10.4. The van der Waals surface area contributed by atoms with Gasteiger partial charge in [0.25, 0.3) is 5.91 Å². The lowest BCUT2D eigenvalue weighted by atomic mass is 9.85. The van der Waals surface area contributed by atoms with Crippen molar-refractivity contribution >= 4 is 33.3 Å². The molecule has 0 aliphatic carbocycles. The van der Waals surface area contributed by atoms with Crippen molar-refractivity contribution in [2.45, 2.75) is 10.5 Å². The van der Waals surface area contributed by atoms with Gasteiger partial charge in [0, 0.05) is 17.1 Å². The molecule has 33 heavy (non-hydrogen) atoms. The van der Waals surface area contributed by atoms with Gasteiger partial charge in [0.15, 0.2) is 0 Å². The quantitative estimate of drug-likeness (QED) is 0.343. The first kappa shape index (κ1) is 21.4. The standard InChI is InChI=1S/C25H23N3O4S/c29-24(28-16-25(30,17-28)20-8-2-1-3-9-20)19-11-13-21(14-12-19)27-33(31,32)22-10-4-6-18-7-5-15-26-23(18)22/h1-15,27,30-32H,16-17H2. The molecule has 1 aliphatic rings. The number of aliphatic hydroxyl groups is 1. The maximum Gasteiger partial charge on any atom is 0.254 e. The van der Waals surface area contributed by atoms with Gasteiger partial charge in [-0.25, -0.2) is 0 Å². The maximum absolute atomic E-state index is 12.8. The van der Waals surface area contributed by atoms with E-state index in [9.17, 15) is 19.0 Å². The lowest BCUT2D eigenvalue weighted by Crippen LogP contribution is -2.61. The van der Waals surface area contributed by atoms with Crippen LogP contribution in [0.5, 0.6) is 0 Å². The Hall–Kier alpha value is -3.43. The average Bonchev–Trinajstić information content (AvgIpc) is 2.82. The summed E-state index contributed by atoms with van der Waals surface area (Å²) in [7, 11) is -3.37. The van der Waals surface area contributed by atoms with Crippen molar-refractivity contribution < 1.29 is 19.0 Å². The molecule has 4 N–H and O–H groups in total. The predicted octanol–water partition coefficient (Wildman–Crippen LogP) is 4.72. The van der Waals surface area contributed by atoms with Crippen molar-refractivity contribution in [3.63, 3.8) is 0 Å². The lowest BCUT2D eigenvalue weighted by molar-refractivity contribution is -0.0863. The molecule has 0 spiro atoms. The van der Waals surface area contributed by atoms with E-state index >= 15 is 0 Å². The van der Waals surface area contributed by atoms with Gasteiger partial charge in [-0.1, -0.05) is 59.3 Å². The largest absolute Gasteiger partial charge is 0.381 e. The van der Waals surface area contributed by atoms with Crippen LogP contribution in [0.25, 0.3) is 10.9 Å². The van der Waals surface area contributed by atoms with Crippen LogP contribution in [-0.4, -0.2) is 43.1 Å². The number of pyridine rings is 1. The molecule has 0 unspecified atom stereocenters. The van der Waals surface area contributed by atoms with E-state index in [0.717, 1.165) is 10.9 Å². The number of likely N-dealkylation sites (tertiary alicyclic amines) is 1. The number of para-hydroxylation sites is 1. The Kier molecular flexibility index (Phi) is 5.30. The van der Waals surface area contributed by atoms with E-state index in [-0.39, 0.29) is 19.0 Å². The van der Waals surface area contributed by atoms with Gasteiger partial charge in [-0.3, -0.25) is 23.6 Å². The van der Waals surface area contributed by atoms with Crippen LogP contribution >= 0.6 is 10.8 Å². The predicted molar refractivity (Wildman–Crippen MR) is 129 cm³/mol. The van der Waals surface area contributed by atoms with Crippen LogP contribution < -0.4 is 4.72 Å². The van der Waals surface area contributed by atoms with E-state index in [4.69, 9.17) is 0 Å². The highest BCUT2D eigenvalue weighted by atomic mass is 32.3. The fraction of sp³-hybridized carbons (Fsp3) is 0.120. The minimum absolute atomic E-state index is 0.188. The van der Waals surface area contributed by atoms with Crippen molar-refractivity contribution in [2.75, 3.05) is 17.8 Å². The van der Waals surface area contributed by atoms with Crippen LogP contribution in [0, 0.1) is 0 Å². The van der Waals surface area contributed by atoms with Crippen LogP contribution in [-0.2, 0) is 5.60 Å². The van der Waals surface area contributed by atoms with Gasteiger partial charge in [-0.15, -0.1) is 0 Å². The highest BCUT2D eigenvalue weighted by molar-refractivity contribution is 8.25. The second-order valence-electron chi connectivity index (χ2n) is 8.12. The molecule has 1 saturated heterocycles. The van der Waals surface area contributed by atoms with Crippen LogP contribution in [0.4, 0.5) is 5.69 Å². The zero-order chi connectivity index (χ0) is 23.1. The van der Waals surface area contributed by atoms with Crippen LogP contribution in [0.1, 0.15) is 15.9 Å². The summed E-state index contributed by atoms with van der Waals surface area (Å²) in [5.41, 5.74) is 1.20. The molecule has 1 aromatic heterocycles. The van der Waals surface area contributed by atoms with Crippen molar-refractivity contribution in [1.82, 2.24) is 9.88 Å². The Balaban J connectivity index is 1.28. The normalized spacial score (nSPS) is 15.7. The SMILES string of the molecule is O=C(c1ccc(NS(O)(O)c2cccc3cccnc23)cc1)N1CC(O)(c2ccccc2)C1. The number of carbonyl (C=O) groups is 1. The van der Waals surface area contributed by atoms with Crippen LogP contribution in [0.2, 0.25) is 0 Å². The van der Waals surface area contributed by atoms with Gasteiger partial charge in [0.2, 0.25) is 0 Å². The molecule has 2 heterocycles. The Labute approximate surface area is 192 Å². The third-order valence-corrected chi connectivity index (χ3v) is 7.26. The number of amides is 1. The number of hydrogen-bond acceptors (Lipinski definition) is 6. The molecule has 5 rings (SSSR count). The summed E-state index contributed by atoms with van der Waals surface area (Å²) >= 11 is 0. The van der Waals surface area contributed by atoms with Crippen molar-refractivity contribution in [3.05, 3.63) is 102 Å². The molecule has 0 radical (unpaired) electrons. The van der Waals surface area contributed by atoms with Gasteiger partial charge in [0.1, 0.15) is 10.5 Å². The summed E-state index contributed by atoms with van der Waals surface area (Å²) in [4.78, 5) is 19.0. The molecule has 0 bridgehead atoms. The molecular formula is C25H23N3O4S. The second kappa shape index (κ2) is 8.17. The zero-order valence-electron chi connectivity index (χ0n) is 17.6. The summed E-state index contributed by atoms with van der Waals surface area (Å²) in [6.45, 7) is 0.453. The van der Waals surface area contributed by atoms with Crippen LogP contribution in [0.15, 0.2) is 96.0 Å². The van der Waals surface area contributed by atoms with E-state index in [1.54, 1.807) is 53.6 Å². The third kappa shape index (κ3) is 4.05. The van der Waals surface area contributed by atoms with Gasteiger partial charge in [-0.05, 0) is 42.0 Å². The number of carbonyl (C=O) groups excluding carboxylic acids is 1. The number of benzene rings is 3. The average molecular weight is 462 g/mol. The molecule has 1 amide bonds. The van der Waals surface area contributed by atoms with Gasteiger partial charge in [0.05, 0.1) is 24.3 Å². The second-order valence-corrected chi connectivity index (χ2v) is 9.86. The summed E-state index contributed by atoms with van der Waals surface area (Å²) in [5, 5.41) is 11.5. The van der Waals surface area contributed by atoms with Gasteiger partial charge >= 0.3 is 0 Å². The monoisotopic (exact) mass is 461 g/mol. The molecule has 1 fully saturated rings. The van der Waals surface area contributed by atoms with Crippen molar-refractivity contribution in [1.29, 1.82) is 0 Å². The number of anilines is 1. The van der Waals surface area contributed by atoms with Crippen LogP contribution in [0.3, 0.4) is 0 Å². The molecule has 7 nitrogen and oxygen atoms in total. The number of hydrogen-bond donors (Lipinski definition) is 4. The third-order valence-electron chi connectivity index (χ3n) is 5.80. The first-order valence-corrected chi connectivity index (χ1v) is 12.0. The Morgan fingerprint density at radius 1 is 0.909 bits per heavy atom. The summed E-state index contributed by atoms with van der Waals surface area (Å²) in [5.74, 6) is -0.188. The van der Waals surface area contributed by atoms with E-state index in [1.807, 2.05) is 42.5 Å². The maximum atomic E-state index is 12.8. The van der Waals surface area contributed by atoms with Crippen molar-refractivity contribution in [3.8, 4) is 0 Å². The minimum atomic E-state index is -3.37. The summed E-state index contributed by atoms with van der Waals surface area (Å²) in [6.07, 6.45) is 1.61. The fourth-order valence-electron chi connectivity index (χ4n) is 4.05. The number of nitrogens with one attached hydrogen (secondary N) is 1. The van der Waals surface area contributed by atoms with E-state index < -0.39 is 16.4 Å². The molecule has 0 atom stereocenters. The Morgan fingerprint density at radius 3 is 2.33 bits per heavy atom. The number of nitrogens with zero attached hydrogens (tertiary/aromatic N) is 2. The van der Waals surface area contributed by atoms with Gasteiger partial charge in [-0.2, -0.15) is 0 Å². The van der Waals surface area contributed by atoms with Gasteiger partial charge < -0.3 is 10.0 Å². The number of aromatic nitrogens is 1. The molecular weight excluding hydrogens is 438 g/mol. The molecule has 1 aliphatic heterocycles. The highest BCUT2D eigenvalue weighted by Crippen LogP contribution is 2.50. The van der Waals surface area contributed by atoms with Crippen molar-refractivity contribution in [2.24, 2.45) is 0 Å². The van der Waals surface area contributed by atoms with E-state index in [1.165, 1.54) is 0 Å². The molecule has 4 aromatic rings. The Bertz CT molecular complexity index is 1300. The Morgan fingerprint density at radius 2 is 1.61 bits per heavy atom. The van der Waals surface area contributed by atoms with E-state index in [0.29, 0.717) is 21.7 Å². The molecule has 0 saturated carbocycles. The highest BCUT2D eigenvalue weighted by Gasteiger charge is 2.45. The van der Waals surface area contributed by atoms with E-state index in [2.05, 4.69) is 9.71 Å². The summed E-state index contributed by atoms with van der Waals surface area (Å²) in [6, 6.07) is 24.7. The first-order chi connectivity index (χ1) is 15.9. The molecule has 168 valence electrons. The molecule has 3 aromatic carbocycles. The zero-order valence-corrected chi connectivity index (χ0v) is 18.4. The smallest absolute Gasteiger partial charge is 0.254 e. The fourth-order valence-corrected chi connectivity index (χ4v) is 5.33. The summed E-state index contributed by atoms with van der Waals surface area (Å²) < 4.78 is 24.4. The molecule has 8 heteroatoms. The number of fused-ring (bicyclic) bond motifs is 1. The number of rotatable bonds is 5.